The van der Waals surface area contributed by atoms with Crippen LogP contribution in [-0.4, -0.2) is 67.7 Å². The highest BCUT2D eigenvalue weighted by Gasteiger charge is 2.22. The molecule has 8 heteroatoms. The smallest absolute Gasteiger partial charge is 0.225 e. The number of nitrogens with zero attached hydrogens (tertiary/aromatic N) is 4. The fourth-order valence-electron chi connectivity index (χ4n) is 3.03. The van der Waals surface area contributed by atoms with Gasteiger partial charge in [0.2, 0.25) is 11.9 Å². The molecule has 0 saturated carbocycles. The molecule has 1 amide bonds. The number of benzene rings is 1. The molecule has 0 aliphatic carbocycles. The number of piperazine rings is 1. The van der Waals surface area contributed by atoms with Crippen LogP contribution in [0.3, 0.4) is 0 Å². The van der Waals surface area contributed by atoms with Crippen molar-refractivity contribution < 1.29 is 14.3 Å². The summed E-state index contributed by atoms with van der Waals surface area (Å²) in [7, 11) is 3.21. The summed E-state index contributed by atoms with van der Waals surface area (Å²) in [5.41, 5.74) is 0.895. The van der Waals surface area contributed by atoms with Gasteiger partial charge in [0.1, 0.15) is 0 Å². The molecule has 1 N–H and O–H groups in total. The third kappa shape index (κ3) is 4.78. The number of carbonyl (C=O) groups excluding carboxylic acids is 1. The van der Waals surface area contributed by atoms with Crippen molar-refractivity contribution in [2.24, 2.45) is 0 Å². The Morgan fingerprint density at radius 2 is 1.78 bits per heavy atom. The molecule has 0 radical (unpaired) electrons. The highest BCUT2D eigenvalue weighted by atomic mass is 16.5. The Kier molecular flexibility index (Phi) is 6.30. The maximum absolute atomic E-state index is 12.4. The monoisotopic (exact) mass is 371 g/mol. The van der Waals surface area contributed by atoms with Crippen LogP contribution in [0.2, 0.25) is 0 Å². The zero-order chi connectivity index (χ0) is 19.1. The van der Waals surface area contributed by atoms with Gasteiger partial charge in [-0.3, -0.25) is 4.79 Å². The van der Waals surface area contributed by atoms with Gasteiger partial charge in [0.15, 0.2) is 11.5 Å². The summed E-state index contributed by atoms with van der Waals surface area (Å²) < 4.78 is 10.5. The Bertz CT molecular complexity index is 748. The van der Waals surface area contributed by atoms with Gasteiger partial charge in [-0.2, -0.15) is 0 Å². The van der Waals surface area contributed by atoms with E-state index in [1.54, 1.807) is 32.7 Å². The fraction of sp³-hybridized carbons (Fsp3) is 0.421. The molecule has 1 aliphatic rings. The fourth-order valence-corrected chi connectivity index (χ4v) is 3.03. The quantitative estimate of drug-likeness (QED) is 0.793. The molecule has 1 saturated heterocycles. The number of anilines is 2. The topological polar surface area (TPSA) is 79.8 Å². The molecule has 1 aromatic heterocycles. The minimum Gasteiger partial charge on any atom is -0.493 e. The van der Waals surface area contributed by atoms with Crippen LogP contribution in [0.1, 0.15) is 6.42 Å². The van der Waals surface area contributed by atoms with Crippen molar-refractivity contribution in [3.8, 4) is 11.5 Å². The number of hydrogen-bond donors (Lipinski definition) is 1. The molecule has 144 valence electrons. The first-order chi connectivity index (χ1) is 13.2. The first-order valence-electron chi connectivity index (χ1n) is 8.97. The van der Waals surface area contributed by atoms with E-state index in [0.717, 1.165) is 24.7 Å². The van der Waals surface area contributed by atoms with Gasteiger partial charge in [0.05, 0.1) is 14.2 Å². The zero-order valence-electron chi connectivity index (χ0n) is 15.7. The van der Waals surface area contributed by atoms with Crippen molar-refractivity contribution >= 4 is 17.5 Å². The van der Waals surface area contributed by atoms with E-state index in [1.807, 2.05) is 23.1 Å². The second kappa shape index (κ2) is 9.07. The average Bonchev–Trinajstić information content (AvgIpc) is 2.74. The summed E-state index contributed by atoms with van der Waals surface area (Å²) >= 11 is 0. The van der Waals surface area contributed by atoms with Gasteiger partial charge < -0.3 is 24.6 Å². The van der Waals surface area contributed by atoms with E-state index in [-0.39, 0.29) is 5.91 Å². The number of aromatic nitrogens is 2. The second-order valence-electron chi connectivity index (χ2n) is 6.16. The molecule has 8 nitrogen and oxygen atoms in total. The predicted octanol–water partition coefficient (Wildman–Crippen LogP) is 1.64. The Labute approximate surface area is 159 Å². The maximum atomic E-state index is 12.4. The van der Waals surface area contributed by atoms with Crippen LogP contribution in [0, 0.1) is 0 Å². The largest absolute Gasteiger partial charge is 0.493 e. The molecule has 1 aliphatic heterocycles. The Morgan fingerprint density at radius 1 is 1.07 bits per heavy atom. The minimum atomic E-state index is 0.150. The van der Waals surface area contributed by atoms with Gasteiger partial charge in [-0.15, -0.1) is 0 Å². The molecule has 2 heterocycles. The molecule has 0 spiro atoms. The number of methoxy groups -OCH3 is 2. The highest BCUT2D eigenvalue weighted by Crippen LogP contribution is 2.29. The van der Waals surface area contributed by atoms with Gasteiger partial charge in [0.25, 0.3) is 0 Å². The van der Waals surface area contributed by atoms with E-state index in [0.29, 0.717) is 37.6 Å². The number of carbonyl (C=O) groups is 1. The van der Waals surface area contributed by atoms with E-state index in [2.05, 4.69) is 20.2 Å². The van der Waals surface area contributed by atoms with E-state index >= 15 is 0 Å². The van der Waals surface area contributed by atoms with Gasteiger partial charge in [-0.05, 0) is 18.2 Å². The first kappa shape index (κ1) is 18.8. The maximum Gasteiger partial charge on any atom is 0.225 e. The SMILES string of the molecule is COc1ccc(NCCC(=O)N2CCN(c3ncccn3)CC2)cc1OC. The number of hydrogen-bond acceptors (Lipinski definition) is 7. The Hall–Kier alpha value is -3.03. The van der Waals surface area contributed by atoms with Crippen molar-refractivity contribution in [1.82, 2.24) is 14.9 Å². The van der Waals surface area contributed by atoms with Crippen LogP contribution < -0.4 is 19.7 Å². The lowest BCUT2D eigenvalue weighted by Gasteiger charge is -2.34. The molecule has 0 unspecified atom stereocenters. The number of rotatable bonds is 7. The van der Waals surface area contributed by atoms with Crippen LogP contribution in [0.25, 0.3) is 0 Å². The number of amides is 1. The molecule has 1 aromatic carbocycles. The average molecular weight is 371 g/mol. The van der Waals surface area contributed by atoms with Crippen molar-refractivity contribution in [2.45, 2.75) is 6.42 Å². The lowest BCUT2D eigenvalue weighted by Crippen LogP contribution is -2.49. The van der Waals surface area contributed by atoms with Gasteiger partial charge >= 0.3 is 0 Å². The molecular formula is C19H25N5O3. The second-order valence-corrected chi connectivity index (χ2v) is 6.16. The van der Waals surface area contributed by atoms with Crippen LogP contribution >= 0.6 is 0 Å². The molecule has 27 heavy (non-hydrogen) atoms. The molecule has 3 rings (SSSR count). The van der Waals surface area contributed by atoms with Crippen molar-refractivity contribution in [1.29, 1.82) is 0 Å². The van der Waals surface area contributed by atoms with Crippen LogP contribution in [0.5, 0.6) is 11.5 Å². The van der Waals surface area contributed by atoms with E-state index < -0.39 is 0 Å². The van der Waals surface area contributed by atoms with Crippen LogP contribution in [0.4, 0.5) is 11.6 Å². The summed E-state index contributed by atoms with van der Waals surface area (Å²) in [6, 6.07) is 7.41. The summed E-state index contributed by atoms with van der Waals surface area (Å²) in [4.78, 5) is 25.0. The molecule has 2 aromatic rings. The van der Waals surface area contributed by atoms with Gasteiger partial charge in [-0.1, -0.05) is 0 Å². The van der Waals surface area contributed by atoms with E-state index in [9.17, 15) is 4.79 Å². The van der Waals surface area contributed by atoms with Gasteiger partial charge in [0, 0.05) is 63.3 Å². The highest BCUT2D eigenvalue weighted by molar-refractivity contribution is 5.77. The van der Waals surface area contributed by atoms with Crippen LogP contribution in [-0.2, 0) is 4.79 Å². The molecule has 0 bridgehead atoms. The summed E-state index contributed by atoms with van der Waals surface area (Å²) in [6.07, 6.45) is 3.91. The van der Waals surface area contributed by atoms with Crippen molar-refractivity contribution in [3.05, 3.63) is 36.7 Å². The van der Waals surface area contributed by atoms with Crippen molar-refractivity contribution in [2.75, 3.05) is 57.2 Å². The summed E-state index contributed by atoms with van der Waals surface area (Å²) in [6.45, 7) is 3.44. The predicted molar refractivity (Wildman–Crippen MR) is 103 cm³/mol. The first-order valence-corrected chi connectivity index (χ1v) is 8.97. The molecule has 1 fully saturated rings. The standard InChI is InChI=1S/C19H25N5O3/c1-26-16-5-4-15(14-17(16)27-2)20-9-6-18(25)23-10-12-24(13-11-23)19-21-7-3-8-22-19/h3-5,7-8,14,20H,6,9-13H2,1-2H3. The third-order valence-corrected chi connectivity index (χ3v) is 4.52. The van der Waals surface area contributed by atoms with Crippen LogP contribution in [0.15, 0.2) is 36.7 Å². The molecular weight excluding hydrogens is 346 g/mol. The summed E-state index contributed by atoms with van der Waals surface area (Å²) in [5, 5.41) is 3.26. The van der Waals surface area contributed by atoms with Crippen molar-refractivity contribution in [3.63, 3.8) is 0 Å². The Morgan fingerprint density at radius 3 is 2.44 bits per heavy atom. The van der Waals surface area contributed by atoms with Gasteiger partial charge in [-0.25, -0.2) is 9.97 Å². The Balaban J connectivity index is 1.44. The normalized spacial score (nSPS) is 14.0. The third-order valence-electron chi connectivity index (χ3n) is 4.52. The minimum absolute atomic E-state index is 0.150. The zero-order valence-corrected chi connectivity index (χ0v) is 15.7. The van der Waals surface area contributed by atoms with E-state index in [4.69, 9.17) is 9.47 Å². The lowest BCUT2D eigenvalue weighted by atomic mass is 10.2. The number of nitrogens with one attached hydrogen (secondary N) is 1. The molecule has 0 atom stereocenters. The number of ether oxygens (including phenoxy) is 2. The summed E-state index contributed by atoms with van der Waals surface area (Å²) in [5.74, 6) is 2.21. The van der Waals surface area contributed by atoms with E-state index in [1.165, 1.54) is 0 Å². The lowest BCUT2D eigenvalue weighted by molar-refractivity contribution is -0.131.